The Morgan fingerprint density at radius 2 is 2.25 bits per heavy atom. The maximum Gasteiger partial charge on any atom is 0.264 e. The summed E-state index contributed by atoms with van der Waals surface area (Å²) in [5, 5.41) is 9.25. The molecule has 5 heteroatoms. The molecule has 20 heavy (non-hydrogen) atoms. The number of aryl methyl sites for hydroxylation is 2. The molecule has 1 saturated heterocycles. The highest BCUT2D eigenvalue weighted by Gasteiger charge is 2.30. The highest BCUT2D eigenvalue weighted by Crippen LogP contribution is 2.30. The Balaban J connectivity index is 1.76. The summed E-state index contributed by atoms with van der Waals surface area (Å²) in [5.74, 6) is 0.0954. The average Bonchev–Trinajstić information content (AvgIpc) is 2.89. The third kappa shape index (κ3) is 2.75. The topological polar surface area (TPSA) is 49.8 Å². The predicted molar refractivity (Wildman–Crippen MR) is 78.3 cm³/mol. The summed E-state index contributed by atoms with van der Waals surface area (Å²) in [6, 6.07) is 2.08. The quantitative estimate of drug-likeness (QED) is 0.906. The number of hydrogen-bond donors (Lipinski definition) is 1. The van der Waals surface area contributed by atoms with Gasteiger partial charge in [-0.15, -0.1) is 11.3 Å². The lowest BCUT2D eigenvalue weighted by Gasteiger charge is -2.35. The SMILES string of the molecule is CC1CN(C(=O)c2cc3c(s2)CCCC3)CC(CO)O1. The van der Waals surface area contributed by atoms with Crippen LogP contribution in [-0.4, -0.2) is 47.8 Å². The zero-order chi connectivity index (χ0) is 14.1. The molecule has 2 aliphatic rings. The Bertz CT molecular complexity index is 476. The molecule has 0 aromatic carbocycles. The highest BCUT2D eigenvalue weighted by atomic mass is 32.1. The third-order valence-electron chi connectivity index (χ3n) is 4.02. The fraction of sp³-hybridized carbons (Fsp3) is 0.667. The maximum absolute atomic E-state index is 12.6. The minimum absolute atomic E-state index is 0.0144. The number of aliphatic hydroxyl groups excluding tert-OH is 1. The first-order valence-corrected chi connectivity index (χ1v) is 8.16. The van der Waals surface area contributed by atoms with E-state index in [2.05, 4.69) is 6.07 Å². The van der Waals surface area contributed by atoms with Crippen LogP contribution in [0.2, 0.25) is 0 Å². The fourth-order valence-electron chi connectivity index (χ4n) is 3.06. The van der Waals surface area contributed by atoms with Crippen LogP contribution in [-0.2, 0) is 17.6 Å². The molecule has 4 nitrogen and oxygen atoms in total. The van der Waals surface area contributed by atoms with Crippen molar-refractivity contribution in [3.05, 3.63) is 21.4 Å². The van der Waals surface area contributed by atoms with Crippen molar-refractivity contribution in [2.75, 3.05) is 19.7 Å². The second kappa shape index (κ2) is 5.84. The molecular formula is C15H21NO3S. The van der Waals surface area contributed by atoms with Gasteiger partial charge in [-0.1, -0.05) is 0 Å². The number of carbonyl (C=O) groups is 1. The number of fused-ring (bicyclic) bond motifs is 1. The van der Waals surface area contributed by atoms with E-state index in [4.69, 9.17) is 4.74 Å². The molecule has 1 aliphatic carbocycles. The van der Waals surface area contributed by atoms with E-state index in [9.17, 15) is 9.90 Å². The van der Waals surface area contributed by atoms with Crippen LogP contribution in [0.15, 0.2) is 6.07 Å². The second-order valence-electron chi connectivity index (χ2n) is 5.73. The van der Waals surface area contributed by atoms with Crippen LogP contribution < -0.4 is 0 Å². The van der Waals surface area contributed by atoms with Crippen molar-refractivity contribution in [2.24, 2.45) is 0 Å². The van der Waals surface area contributed by atoms with Crippen LogP contribution in [0.1, 0.15) is 39.9 Å². The summed E-state index contributed by atoms with van der Waals surface area (Å²) >= 11 is 1.65. The first kappa shape index (κ1) is 14.0. The molecule has 0 radical (unpaired) electrons. The van der Waals surface area contributed by atoms with Crippen molar-refractivity contribution < 1.29 is 14.6 Å². The first-order valence-electron chi connectivity index (χ1n) is 7.34. The molecular weight excluding hydrogens is 274 g/mol. The van der Waals surface area contributed by atoms with Crippen LogP contribution in [0, 0.1) is 0 Å². The largest absolute Gasteiger partial charge is 0.394 e. The average molecular weight is 295 g/mol. The molecule has 1 aromatic heterocycles. The minimum Gasteiger partial charge on any atom is -0.394 e. The molecule has 0 saturated carbocycles. The molecule has 1 aromatic rings. The van der Waals surface area contributed by atoms with Crippen LogP contribution >= 0.6 is 11.3 Å². The van der Waals surface area contributed by atoms with Gasteiger partial charge in [0.1, 0.15) is 0 Å². The third-order valence-corrected chi connectivity index (χ3v) is 5.25. The van der Waals surface area contributed by atoms with E-state index >= 15 is 0 Å². The zero-order valence-corrected chi connectivity index (χ0v) is 12.6. The van der Waals surface area contributed by atoms with Gasteiger partial charge in [0.05, 0.1) is 23.7 Å². The van der Waals surface area contributed by atoms with Crippen molar-refractivity contribution in [1.29, 1.82) is 0 Å². The molecule has 1 aliphatic heterocycles. The number of morpholine rings is 1. The number of thiophene rings is 1. The molecule has 0 bridgehead atoms. The van der Waals surface area contributed by atoms with Gasteiger partial charge in [0, 0.05) is 18.0 Å². The summed E-state index contributed by atoms with van der Waals surface area (Å²) < 4.78 is 5.59. The summed E-state index contributed by atoms with van der Waals surface area (Å²) in [4.78, 5) is 16.7. The van der Waals surface area contributed by atoms with E-state index in [0.29, 0.717) is 13.1 Å². The highest BCUT2D eigenvalue weighted by molar-refractivity contribution is 7.14. The molecule has 1 fully saturated rings. The van der Waals surface area contributed by atoms with Crippen molar-refractivity contribution in [3.63, 3.8) is 0 Å². The maximum atomic E-state index is 12.6. The van der Waals surface area contributed by atoms with Crippen molar-refractivity contribution in [2.45, 2.75) is 44.8 Å². The van der Waals surface area contributed by atoms with Crippen LogP contribution in [0.4, 0.5) is 0 Å². The predicted octanol–water partition coefficient (Wildman–Crippen LogP) is 1.85. The number of aliphatic hydroxyl groups is 1. The van der Waals surface area contributed by atoms with E-state index in [0.717, 1.165) is 17.7 Å². The van der Waals surface area contributed by atoms with Gasteiger partial charge >= 0.3 is 0 Å². The first-order chi connectivity index (χ1) is 9.67. The molecule has 1 amide bonds. The Morgan fingerprint density at radius 3 is 3.00 bits per heavy atom. The summed E-state index contributed by atoms with van der Waals surface area (Å²) in [6.45, 7) is 3.01. The molecule has 3 rings (SSSR count). The number of rotatable bonds is 2. The van der Waals surface area contributed by atoms with E-state index in [-0.39, 0.29) is 24.7 Å². The monoisotopic (exact) mass is 295 g/mol. The summed E-state index contributed by atoms with van der Waals surface area (Å²) in [6.07, 6.45) is 4.43. The van der Waals surface area contributed by atoms with Gasteiger partial charge in [-0.2, -0.15) is 0 Å². The van der Waals surface area contributed by atoms with Gasteiger partial charge in [-0.3, -0.25) is 4.79 Å². The molecule has 2 unspecified atom stereocenters. The van der Waals surface area contributed by atoms with Crippen molar-refractivity contribution >= 4 is 17.2 Å². The lowest BCUT2D eigenvalue weighted by molar-refractivity contribution is -0.0857. The van der Waals surface area contributed by atoms with Gasteiger partial charge < -0.3 is 14.7 Å². The number of amides is 1. The van der Waals surface area contributed by atoms with E-state index in [1.54, 1.807) is 11.3 Å². The Morgan fingerprint density at radius 1 is 1.45 bits per heavy atom. The molecule has 2 heterocycles. The van der Waals surface area contributed by atoms with E-state index in [1.165, 1.54) is 23.3 Å². The molecule has 110 valence electrons. The summed E-state index contributed by atoms with van der Waals surface area (Å²) in [7, 11) is 0. The Kier molecular flexibility index (Phi) is 4.10. The lowest BCUT2D eigenvalue weighted by Crippen LogP contribution is -2.50. The van der Waals surface area contributed by atoms with E-state index in [1.807, 2.05) is 11.8 Å². The van der Waals surface area contributed by atoms with Gasteiger partial charge in [-0.05, 0) is 44.2 Å². The van der Waals surface area contributed by atoms with E-state index < -0.39 is 0 Å². The van der Waals surface area contributed by atoms with Crippen LogP contribution in [0.25, 0.3) is 0 Å². The molecule has 0 spiro atoms. The number of nitrogens with zero attached hydrogens (tertiary/aromatic N) is 1. The van der Waals surface area contributed by atoms with Gasteiger partial charge in [-0.25, -0.2) is 0 Å². The Hall–Kier alpha value is -0.910. The Labute approximate surface area is 123 Å². The number of hydrogen-bond acceptors (Lipinski definition) is 4. The van der Waals surface area contributed by atoms with Crippen LogP contribution in [0.3, 0.4) is 0 Å². The lowest BCUT2D eigenvalue weighted by atomic mass is 9.99. The van der Waals surface area contributed by atoms with Gasteiger partial charge in [0.2, 0.25) is 0 Å². The smallest absolute Gasteiger partial charge is 0.264 e. The van der Waals surface area contributed by atoms with Crippen molar-refractivity contribution in [1.82, 2.24) is 4.90 Å². The van der Waals surface area contributed by atoms with Crippen LogP contribution in [0.5, 0.6) is 0 Å². The zero-order valence-electron chi connectivity index (χ0n) is 11.8. The number of carbonyl (C=O) groups excluding carboxylic acids is 1. The fourth-order valence-corrected chi connectivity index (χ4v) is 4.29. The second-order valence-corrected chi connectivity index (χ2v) is 6.86. The van der Waals surface area contributed by atoms with Gasteiger partial charge in [0.25, 0.3) is 5.91 Å². The van der Waals surface area contributed by atoms with Crippen molar-refractivity contribution in [3.8, 4) is 0 Å². The number of ether oxygens (including phenoxy) is 1. The van der Waals surface area contributed by atoms with Gasteiger partial charge in [0.15, 0.2) is 0 Å². The minimum atomic E-state index is -0.253. The normalized spacial score (nSPS) is 26.4. The summed E-state index contributed by atoms with van der Waals surface area (Å²) in [5.41, 5.74) is 1.37. The molecule has 2 atom stereocenters. The standard InChI is InChI=1S/C15H21NO3S/c1-10-7-16(8-12(9-17)19-10)15(18)14-6-11-4-2-3-5-13(11)20-14/h6,10,12,17H,2-5,7-9H2,1H3. The molecule has 1 N–H and O–H groups in total.